The molecule has 0 aliphatic heterocycles. The third kappa shape index (κ3) is 1.28. The summed E-state index contributed by atoms with van der Waals surface area (Å²) in [6, 6.07) is 0. The van der Waals surface area contributed by atoms with Crippen LogP contribution < -0.4 is 0 Å². The molecular formula is C10H12ClN3. The monoisotopic (exact) mass is 209 g/mol. The molecule has 0 saturated carbocycles. The first-order chi connectivity index (χ1) is 6.61. The lowest BCUT2D eigenvalue weighted by Crippen LogP contribution is -1.96. The molecule has 2 aromatic rings. The highest BCUT2D eigenvalue weighted by atomic mass is 35.5. The number of rotatable bonds is 1. The average molecular weight is 210 g/mol. The van der Waals surface area contributed by atoms with E-state index in [1.54, 1.807) is 0 Å². The summed E-state index contributed by atoms with van der Waals surface area (Å²) in [5.41, 5.74) is 3.06. The van der Waals surface area contributed by atoms with Gasteiger partial charge in [-0.1, -0.05) is 25.4 Å². The summed E-state index contributed by atoms with van der Waals surface area (Å²) in [5.74, 6) is 0.428. The highest BCUT2D eigenvalue weighted by Crippen LogP contribution is 2.28. The largest absolute Gasteiger partial charge is 0.347 e. The van der Waals surface area contributed by atoms with Crippen molar-refractivity contribution in [3.63, 3.8) is 0 Å². The molecule has 0 bridgehead atoms. The maximum atomic E-state index is 6.03. The van der Waals surface area contributed by atoms with Crippen molar-refractivity contribution in [2.45, 2.75) is 19.8 Å². The second-order valence-corrected chi connectivity index (χ2v) is 4.15. The van der Waals surface area contributed by atoms with Gasteiger partial charge in [-0.05, 0) is 5.92 Å². The molecule has 14 heavy (non-hydrogen) atoms. The van der Waals surface area contributed by atoms with E-state index >= 15 is 0 Å². The zero-order valence-corrected chi connectivity index (χ0v) is 9.21. The maximum absolute atomic E-state index is 6.03. The Kier molecular flexibility index (Phi) is 2.19. The molecule has 0 atom stereocenters. The van der Waals surface area contributed by atoms with Crippen molar-refractivity contribution >= 4 is 22.6 Å². The molecular weight excluding hydrogens is 198 g/mol. The van der Waals surface area contributed by atoms with Crippen LogP contribution in [0, 0.1) is 0 Å². The molecule has 0 saturated heterocycles. The zero-order chi connectivity index (χ0) is 10.3. The average Bonchev–Trinajstić information content (AvgIpc) is 2.43. The summed E-state index contributed by atoms with van der Waals surface area (Å²) in [5, 5.41) is 8.67. The molecule has 2 heterocycles. The zero-order valence-electron chi connectivity index (χ0n) is 8.45. The smallest absolute Gasteiger partial charge is 0.130 e. The summed E-state index contributed by atoms with van der Waals surface area (Å²) < 4.78 is 2.00. The summed E-state index contributed by atoms with van der Waals surface area (Å²) in [6.45, 7) is 4.27. The molecule has 3 nitrogen and oxygen atoms in total. The van der Waals surface area contributed by atoms with Crippen molar-refractivity contribution in [1.29, 1.82) is 0 Å². The van der Waals surface area contributed by atoms with E-state index in [2.05, 4.69) is 24.0 Å². The lowest BCUT2D eigenvalue weighted by Gasteiger charge is -2.07. The van der Waals surface area contributed by atoms with Crippen molar-refractivity contribution in [2.75, 3.05) is 0 Å². The fourth-order valence-corrected chi connectivity index (χ4v) is 1.92. The van der Waals surface area contributed by atoms with Gasteiger partial charge in [0.15, 0.2) is 0 Å². The van der Waals surface area contributed by atoms with Crippen LogP contribution in [0.2, 0.25) is 5.02 Å². The first-order valence-corrected chi connectivity index (χ1v) is 4.95. The molecule has 2 rings (SSSR count). The molecule has 0 aliphatic carbocycles. The predicted molar refractivity (Wildman–Crippen MR) is 57.6 cm³/mol. The number of hydrogen-bond acceptors (Lipinski definition) is 2. The minimum absolute atomic E-state index is 0.428. The molecule has 0 spiro atoms. The molecule has 0 N–H and O–H groups in total. The summed E-state index contributed by atoms with van der Waals surface area (Å²) in [4.78, 5) is 0. The van der Waals surface area contributed by atoms with E-state index in [9.17, 15) is 0 Å². The minimum Gasteiger partial charge on any atom is -0.347 e. The molecule has 0 amide bonds. The number of aryl methyl sites for hydroxylation is 1. The Morgan fingerprint density at radius 2 is 2.14 bits per heavy atom. The maximum Gasteiger partial charge on any atom is 0.130 e. The molecule has 0 radical (unpaired) electrons. The van der Waals surface area contributed by atoms with Gasteiger partial charge in [0.05, 0.1) is 16.7 Å². The van der Waals surface area contributed by atoms with E-state index in [-0.39, 0.29) is 0 Å². The van der Waals surface area contributed by atoms with Crippen molar-refractivity contribution in [1.82, 2.24) is 14.8 Å². The van der Waals surface area contributed by atoms with Gasteiger partial charge in [-0.25, -0.2) is 0 Å². The van der Waals surface area contributed by atoms with Gasteiger partial charge in [0.2, 0.25) is 0 Å². The van der Waals surface area contributed by atoms with Crippen LogP contribution in [0.1, 0.15) is 25.3 Å². The molecule has 4 heteroatoms. The summed E-state index contributed by atoms with van der Waals surface area (Å²) in [7, 11) is 1.97. The van der Waals surface area contributed by atoms with Gasteiger partial charge < -0.3 is 4.57 Å². The van der Waals surface area contributed by atoms with Crippen LogP contribution in [0.15, 0.2) is 12.4 Å². The summed E-state index contributed by atoms with van der Waals surface area (Å²) >= 11 is 6.03. The van der Waals surface area contributed by atoms with E-state index in [0.29, 0.717) is 10.9 Å². The quantitative estimate of drug-likeness (QED) is 0.723. The first kappa shape index (κ1) is 9.46. The van der Waals surface area contributed by atoms with Gasteiger partial charge in [0.25, 0.3) is 0 Å². The first-order valence-electron chi connectivity index (χ1n) is 4.57. The molecule has 0 aliphatic rings. The van der Waals surface area contributed by atoms with Crippen LogP contribution >= 0.6 is 11.6 Å². The molecule has 0 aromatic carbocycles. The van der Waals surface area contributed by atoms with Crippen molar-refractivity contribution < 1.29 is 0 Å². The lowest BCUT2D eigenvalue weighted by molar-refractivity contribution is 0.839. The van der Waals surface area contributed by atoms with Gasteiger partial charge in [0, 0.05) is 18.8 Å². The number of aromatic nitrogens is 3. The van der Waals surface area contributed by atoms with Crippen LogP contribution in [0.3, 0.4) is 0 Å². The molecule has 74 valence electrons. The standard InChI is InChI=1S/C10H12ClN3/c1-6(2)7-4-12-13-9-8(11)5-14(3)10(7)9/h4-6H,1-3H3. The third-order valence-electron chi connectivity index (χ3n) is 2.36. The Bertz CT molecular complexity index is 473. The van der Waals surface area contributed by atoms with Crippen LogP contribution in [-0.4, -0.2) is 14.8 Å². The van der Waals surface area contributed by atoms with Crippen LogP contribution in [0.4, 0.5) is 0 Å². The summed E-state index contributed by atoms with van der Waals surface area (Å²) in [6.07, 6.45) is 3.68. The predicted octanol–water partition coefficient (Wildman–Crippen LogP) is 2.75. The Labute approximate surface area is 87.7 Å². The number of nitrogens with zero attached hydrogens (tertiary/aromatic N) is 3. The fourth-order valence-electron chi connectivity index (χ4n) is 1.64. The lowest BCUT2D eigenvalue weighted by atomic mass is 10.1. The highest BCUT2D eigenvalue weighted by molar-refractivity contribution is 6.35. The van der Waals surface area contributed by atoms with Crippen molar-refractivity contribution in [3.8, 4) is 0 Å². The second kappa shape index (κ2) is 3.24. The van der Waals surface area contributed by atoms with Crippen LogP contribution in [-0.2, 0) is 7.05 Å². The number of halogens is 1. The van der Waals surface area contributed by atoms with E-state index in [1.165, 1.54) is 5.56 Å². The second-order valence-electron chi connectivity index (χ2n) is 3.74. The van der Waals surface area contributed by atoms with Crippen molar-refractivity contribution in [3.05, 3.63) is 23.0 Å². The Balaban J connectivity index is 2.85. The van der Waals surface area contributed by atoms with Crippen molar-refractivity contribution in [2.24, 2.45) is 7.05 Å². The van der Waals surface area contributed by atoms with Crippen LogP contribution in [0.5, 0.6) is 0 Å². The van der Waals surface area contributed by atoms with E-state index in [4.69, 9.17) is 11.6 Å². The molecule has 0 unspecified atom stereocenters. The van der Waals surface area contributed by atoms with Gasteiger partial charge in [0.1, 0.15) is 5.52 Å². The highest BCUT2D eigenvalue weighted by Gasteiger charge is 2.12. The molecule has 2 aromatic heterocycles. The Hall–Kier alpha value is -1.09. The van der Waals surface area contributed by atoms with Gasteiger partial charge in [-0.2, -0.15) is 5.10 Å². The number of fused-ring (bicyclic) bond motifs is 1. The third-order valence-corrected chi connectivity index (χ3v) is 2.64. The van der Waals surface area contributed by atoms with Gasteiger partial charge >= 0.3 is 0 Å². The van der Waals surface area contributed by atoms with E-state index < -0.39 is 0 Å². The van der Waals surface area contributed by atoms with Gasteiger partial charge in [-0.15, -0.1) is 5.10 Å². The van der Waals surface area contributed by atoms with E-state index in [1.807, 2.05) is 24.0 Å². The fraction of sp³-hybridized carbons (Fsp3) is 0.400. The Morgan fingerprint density at radius 1 is 1.43 bits per heavy atom. The topological polar surface area (TPSA) is 30.7 Å². The van der Waals surface area contributed by atoms with Crippen LogP contribution in [0.25, 0.3) is 11.0 Å². The minimum atomic E-state index is 0.428. The van der Waals surface area contributed by atoms with E-state index in [0.717, 1.165) is 11.0 Å². The molecule has 0 fully saturated rings. The Morgan fingerprint density at radius 3 is 2.79 bits per heavy atom. The number of hydrogen-bond donors (Lipinski definition) is 0. The SMILES string of the molecule is CC(C)c1cnnc2c(Cl)cn(C)c12. The normalized spacial score (nSPS) is 11.5. The van der Waals surface area contributed by atoms with Gasteiger partial charge in [-0.3, -0.25) is 0 Å².